The summed E-state index contributed by atoms with van der Waals surface area (Å²) in [5, 5.41) is 10.2. The Balaban J connectivity index is 1.37. The Hall–Kier alpha value is -1.50. The van der Waals surface area contributed by atoms with E-state index in [2.05, 4.69) is 24.8 Å². The van der Waals surface area contributed by atoms with E-state index < -0.39 is 0 Å². The average molecular weight is 460 g/mol. The molecule has 2 spiro atoms. The van der Waals surface area contributed by atoms with Crippen molar-refractivity contribution in [3.63, 3.8) is 0 Å². The van der Waals surface area contributed by atoms with Crippen molar-refractivity contribution in [1.82, 2.24) is 0 Å². The molecule has 4 saturated carbocycles. The van der Waals surface area contributed by atoms with Crippen molar-refractivity contribution in [1.29, 1.82) is 0 Å². The van der Waals surface area contributed by atoms with Gasteiger partial charge in [-0.3, -0.25) is 0 Å². The Kier molecular flexibility index (Phi) is 4.80. The first-order valence-corrected chi connectivity index (χ1v) is 14.1. The molecule has 2 aliphatic heterocycles. The minimum absolute atomic E-state index is 0.0660. The Morgan fingerprint density at radius 1 is 1.06 bits per heavy atom. The first-order chi connectivity index (χ1) is 16.4. The van der Waals surface area contributed by atoms with Gasteiger partial charge in [0.2, 0.25) is 0 Å². The minimum Gasteiger partial charge on any atom is -0.508 e. The third kappa shape index (κ3) is 3.10. The molecule has 8 atom stereocenters. The molecule has 0 radical (unpaired) electrons. The number of hydrogen-bond donors (Lipinski definition) is 2. The van der Waals surface area contributed by atoms with Gasteiger partial charge in [0, 0.05) is 18.4 Å². The number of aromatic hydroxyl groups is 1. The number of ether oxygens (including phenoxy) is 1. The van der Waals surface area contributed by atoms with Crippen LogP contribution in [-0.2, 0) is 17.6 Å². The topological polar surface area (TPSA) is 55.5 Å². The zero-order chi connectivity index (χ0) is 23.1. The molecular formula is C31H41NO2. The second-order valence-electron chi connectivity index (χ2n) is 13.4. The van der Waals surface area contributed by atoms with Gasteiger partial charge in [-0.1, -0.05) is 37.2 Å². The number of fused-ring (bicyclic) bond motifs is 3. The van der Waals surface area contributed by atoms with E-state index in [1.165, 1.54) is 75.3 Å². The van der Waals surface area contributed by atoms with Gasteiger partial charge < -0.3 is 15.6 Å². The molecule has 182 valence electrons. The molecule has 34 heavy (non-hydrogen) atoms. The fourth-order valence-corrected chi connectivity index (χ4v) is 10.4. The summed E-state index contributed by atoms with van der Waals surface area (Å²) in [4.78, 5) is 0. The molecule has 6 fully saturated rings. The van der Waals surface area contributed by atoms with E-state index in [4.69, 9.17) is 10.5 Å². The fourth-order valence-electron chi connectivity index (χ4n) is 10.4. The van der Waals surface area contributed by atoms with Gasteiger partial charge in [-0.15, -0.1) is 0 Å². The molecule has 2 saturated heterocycles. The molecule has 3 nitrogen and oxygen atoms in total. The Morgan fingerprint density at radius 3 is 2.74 bits per heavy atom. The standard InChI is InChI=1S/C31H41NO2/c1-29-11-5-7-23-18-31(34-29)24-15-20(17-30(19-24)12-2-3-13-30)14-22-9-10-25(33)16-21(22)6-4-8-26(31)28(32)27(23)29/h9-10,16,20,23-24,26-28,33H,2-3,5-7,11-15,17-19,32H2,1H3/t20-,23-,24-,26+,27-,28+,29-,31-/m1/s1. The molecule has 1 aromatic rings. The van der Waals surface area contributed by atoms with Gasteiger partial charge in [0.25, 0.3) is 0 Å². The van der Waals surface area contributed by atoms with Crippen LogP contribution in [0.5, 0.6) is 5.75 Å². The molecule has 1 aromatic carbocycles. The number of rotatable bonds is 0. The molecule has 6 bridgehead atoms. The maximum Gasteiger partial charge on any atom is 0.115 e. The Labute approximate surface area is 205 Å². The molecule has 0 unspecified atom stereocenters. The van der Waals surface area contributed by atoms with E-state index >= 15 is 0 Å². The summed E-state index contributed by atoms with van der Waals surface area (Å²) in [6.07, 6.45) is 16.3. The number of phenolic OH excluding ortho intramolecular Hbond substituents is 1. The lowest BCUT2D eigenvalue weighted by atomic mass is 9.46. The van der Waals surface area contributed by atoms with Crippen molar-refractivity contribution in [3.8, 4) is 17.6 Å². The molecule has 2 heterocycles. The molecule has 5 aliphatic carbocycles. The van der Waals surface area contributed by atoms with E-state index in [0.717, 1.165) is 12.8 Å². The highest BCUT2D eigenvalue weighted by Gasteiger charge is 2.68. The normalized spacial score (nSPS) is 46.1. The number of phenols is 1. The van der Waals surface area contributed by atoms with Gasteiger partial charge in [-0.25, -0.2) is 0 Å². The lowest BCUT2D eigenvalue weighted by molar-refractivity contribution is -0.324. The summed E-state index contributed by atoms with van der Waals surface area (Å²) in [5.41, 5.74) is 10.1. The molecule has 8 rings (SSSR count). The van der Waals surface area contributed by atoms with Crippen LogP contribution in [0, 0.1) is 46.8 Å². The maximum absolute atomic E-state index is 10.2. The predicted octanol–water partition coefficient (Wildman–Crippen LogP) is 5.76. The van der Waals surface area contributed by atoms with Gasteiger partial charge in [0.05, 0.1) is 17.1 Å². The second kappa shape index (κ2) is 7.50. The third-order valence-electron chi connectivity index (χ3n) is 11.4. The van der Waals surface area contributed by atoms with Crippen LogP contribution in [-0.4, -0.2) is 22.4 Å². The highest BCUT2D eigenvalue weighted by atomic mass is 16.5. The van der Waals surface area contributed by atoms with Gasteiger partial charge in [0.15, 0.2) is 0 Å². The van der Waals surface area contributed by atoms with Crippen LogP contribution in [0.3, 0.4) is 0 Å². The Bertz CT molecular complexity index is 1050. The number of benzene rings is 1. The van der Waals surface area contributed by atoms with Crippen LogP contribution < -0.4 is 5.73 Å². The van der Waals surface area contributed by atoms with E-state index in [0.29, 0.717) is 41.3 Å². The summed E-state index contributed by atoms with van der Waals surface area (Å²) in [6.45, 7) is 2.39. The molecule has 3 N–H and O–H groups in total. The number of nitrogens with two attached hydrogens (primary N) is 1. The summed E-state index contributed by atoms with van der Waals surface area (Å²) >= 11 is 0. The summed E-state index contributed by atoms with van der Waals surface area (Å²) in [6, 6.07) is 6.12. The first-order valence-electron chi connectivity index (χ1n) is 14.1. The third-order valence-corrected chi connectivity index (χ3v) is 11.4. The predicted molar refractivity (Wildman–Crippen MR) is 134 cm³/mol. The maximum atomic E-state index is 10.2. The van der Waals surface area contributed by atoms with Gasteiger partial charge in [-0.05, 0) is 111 Å². The highest BCUT2D eigenvalue weighted by Crippen LogP contribution is 2.66. The zero-order valence-electron chi connectivity index (χ0n) is 20.8. The van der Waals surface area contributed by atoms with Crippen LogP contribution in [0.25, 0.3) is 0 Å². The van der Waals surface area contributed by atoms with E-state index in [-0.39, 0.29) is 23.2 Å². The highest BCUT2D eigenvalue weighted by molar-refractivity contribution is 5.39. The quantitative estimate of drug-likeness (QED) is 0.485. The van der Waals surface area contributed by atoms with E-state index in [1.807, 2.05) is 12.1 Å². The first kappa shape index (κ1) is 21.8. The molecule has 0 aromatic heterocycles. The average Bonchev–Trinajstić information content (AvgIpc) is 3.22. The van der Waals surface area contributed by atoms with E-state index in [9.17, 15) is 5.11 Å². The Morgan fingerprint density at radius 2 is 1.91 bits per heavy atom. The van der Waals surface area contributed by atoms with Crippen LogP contribution >= 0.6 is 0 Å². The molecular weight excluding hydrogens is 418 g/mol. The lowest BCUT2D eigenvalue weighted by Gasteiger charge is -2.69. The second-order valence-corrected chi connectivity index (χ2v) is 13.4. The summed E-state index contributed by atoms with van der Waals surface area (Å²) in [5.74, 6) is 10.2. The smallest absolute Gasteiger partial charge is 0.115 e. The van der Waals surface area contributed by atoms with E-state index in [1.54, 1.807) is 0 Å². The minimum atomic E-state index is -0.173. The van der Waals surface area contributed by atoms with Gasteiger partial charge in [-0.2, -0.15) is 0 Å². The SMILES string of the molecule is C[C@]12CCC[C@@H]3C[C@@]4(O1)[C@@H]1C[C@@H](Cc5ccc(O)cc5CC#C[C@H]4[C@H](N)[C@@H]32)CC2(CCCC2)C1. The molecule has 7 aliphatic rings. The van der Waals surface area contributed by atoms with Crippen molar-refractivity contribution < 1.29 is 9.84 Å². The van der Waals surface area contributed by atoms with Crippen LogP contribution in [0.1, 0.15) is 88.7 Å². The summed E-state index contributed by atoms with van der Waals surface area (Å²) < 4.78 is 7.44. The summed E-state index contributed by atoms with van der Waals surface area (Å²) in [7, 11) is 0. The van der Waals surface area contributed by atoms with Crippen molar-refractivity contribution in [3.05, 3.63) is 29.3 Å². The monoisotopic (exact) mass is 459 g/mol. The molecule has 3 heteroatoms. The fraction of sp³-hybridized carbons (Fsp3) is 0.742. The van der Waals surface area contributed by atoms with Crippen molar-refractivity contribution in [2.45, 2.75) is 108 Å². The van der Waals surface area contributed by atoms with Crippen LogP contribution in [0.15, 0.2) is 18.2 Å². The number of hydrogen-bond acceptors (Lipinski definition) is 3. The molecule has 0 amide bonds. The van der Waals surface area contributed by atoms with Gasteiger partial charge >= 0.3 is 0 Å². The zero-order valence-corrected chi connectivity index (χ0v) is 20.8. The van der Waals surface area contributed by atoms with Crippen molar-refractivity contribution in [2.24, 2.45) is 40.7 Å². The van der Waals surface area contributed by atoms with Gasteiger partial charge in [0.1, 0.15) is 5.75 Å². The van der Waals surface area contributed by atoms with Crippen molar-refractivity contribution >= 4 is 0 Å². The van der Waals surface area contributed by atoms with Crippen LogP contribution in [0.2, 0.25) is 0 Å². The van der Waals surface area contributed by atoms with Crippen molar-refractivity contribution in [2.75, 3.05) is 0 Å². The largest absolute Gasteiger partial charge is 0.508 e. The van der Waals surface area contributed by atoms with Crippen LogP contribution in [0.4, 0.5) is 0 Å². The lowest BCUT2D eigenvalue weighted by Crippen LogP contribution is -2.75.